The molecule has 0 amide bonds. The van der Waals surface area contributed by atoms with Crippen molar-refractivity contribution >= 4 is 23.0 Å². The molecule has 1 N–H and O–H groups in total. The van der Waals surface area contributed by atoms with E-state index < -0.39 is 0 Å². The molecular formula is C17H18N6S. The van der Waals surface area contributed by atoms with Gasteiger partial charge in [-0.1, -0.05) is 24.6 Å². The standard InChI is InChI=1S/C17H18N6S/c1-3-7-22-23-13-21-17(24-10-4-2)15(11-18)16(23)20-12-14-5-8-19-9-6-14/h2,5-9,20H,3,10,12-13H2,1H3/b22-7-. The molecule has 0 spiro atoms. The molecule has 0 saturated heterocycles. The first kappa shape index (κ1) is 17.6. The molecule has 0 radical (unpaired) electrons. The van der Waals surface area contributed by atoms with Gasteiger partial charge in [0, 0.05) is 25.2 Å². The summed E-state index contributed by atoms with van der Waals surface area (Å²) in [5.74, 6) is 3.68. The Balaban J connectivity index is 2.26. The Bertz CT molecular complexity index is 724. The summed E-state index contributed by atoms with van der Waals surface area (Å²) >= 11 is 1.39. The number of thioether (sulfide) groups is 1. The SMILES string of the molecule is C#CCSC1=NCN(/N=C\CC)C(NCc2ccncc2)=C1C#N. The van der Waals surface area contributed by atoms with E-state index in [4.69, 9.17) is 6.42 Å². The van der Waals surface area contributed by atoms with Crippen LogP contribution in [-0.2, 0) is 6.54 Å². The zero-order valence-corrected chi connectivity index (χ0v) is 14.3. The average Bonchev–Trinajstić information content (AvgIpc) is 2.63. The van der Waals surface area contributed by atoms with E-state index in [0.717, 1.165) is 12.0 Å². The van der Waals surface area contributed by atoms with Gasteiger partial charge in [-0.15, -0.1) is 6.42 Å². The molecule has 0 saturated carbocycles. The van der Waals surface area contributed by atoms with Crippen molar-refractivity contribution in [1.82, 2.24) is 15.3 Å². The number of hydrazone groups is 1. The van der Waals surface area contributed by atoms with Crippen LogP contribution in [-0.4, -0.2) is 33.7 Å². The van der Waals surface area contributed by atoms with Crippen LogP contribution < -0.4 is 5.32 Å². The molecule has 6 nitrogen and oxygen atoms in total. The maximum Gasteiger partial charge on any atom is 0.145 e. The summed E-state index contributed by atoms with van der Waals surface area (Å²) in [4.78, 5) is 8.43. The number of terminal acetylenes is 1. The Kier molecular flexibility index (Phi) is 6.88. The summed E-state index contributed by atoms with van der Waals surface area (Å²) in [6.07, 6.45) is 11.4. The fourth-order valence-electron chi connectivity index (χ4n) is 1.98. The first-order valence-corrected chi connectivity index (χ1v) is 8.46. The number of hydrogen-bond acceptors (Lipinski definition) is 7. The molecule has 2 heterocycles. The molecule has 0 atom stereocenters. The Hall–Kier alpha value is -2.77. The zero-order chi connectivity index (χ0) is 17.2. The highest BCUT2D eigenvalue weighted by Crippen LogP contribution is 2.22. The van der Waals surface area contributed by atoms with Gasteiger partial charge in [-0.25, -0.2) is 5.01 Å². The van der Waals surface area contributed by atoms with Gasteiger partial charge in [-0.3, -0.25) is 9.98 Å². The molecule has 1 aliphatic heterocycles. The van der Waals surface area contributed by atoms with E-state index in [2.05, 4.69) is 32.4 Å². The van der Waals surface area contributed by atoms with Crippen LogP contribution in [0.2, 0.25) is 0 Å². The molecule has 1 aromatic heterocycles. The molecule has 122 valence electrons. The smallest absolute Gasteiger partial charge is 0.145 e. The maximum atomic E-state index is 9.59. The zero-order valence-electron chi connectivity index (χ0n) is 13.4. The van der Waals surface area contributed by atoms with Gasteiger partial charge in [0.05, 0.1) is 5.75 Å². The van der Waals surface area contributed by atoms with Crippen molar-refractivity contribution in [2.75, 3.05) is 12.4 Å². The first-order valence-electron chi connectivity index (χ1n) is 7.48. The largest absolute Gasteiger partial charge is 0.365 e. The number of rotatable bonds is 6. The second-order valence-corrected chi connectivity index (χ2v) is 5.71. The number of aliphatic imine (C=N–C) groups is 1. The summed E-state index contributed by atoms with van der Waals surface area (Å²) in [5, 5.41) is 19.6. The van der Waals surface area contributed by atoms with E-state index in [1.54, 1.807) is 23.6 Å². The lowest BCUT2D eigenvalue weighted by Crippen LogP contribution is -2.34. The molecule has 7 heteroatoms. The summed E-state index contributed by atoms with van der Waals surface area (Å²) in [5.41, 5.74) is 1.53. The van der Waals surface area contributed by atoms with Crippen LogP contribution >= 0.6 is 11.8 Å². The van der Waals surface area contributed by atoms with Gasteiger partial charge in [-0.05, 0) is 24.1 Å². The molecule has 0 fully saturated rings. The molecule has 0 unspecified atom stereocenters. The Morgan fingerprint density at radius 2 is 2.29 bits per heavy atom. The molecule has 0 bridgehead atoms. The lowest BCUT2D eigenvalue weighted by Gasteiger charge is -2.27. The van der Waals surface area contributed by atoms with Gasteiger partial charge >= 0.3 is 0 Å². The summed E-state index contributed by atoms with van der Waals surface area (Å²) in [6, 6.07) is 6.07. The van der Waals surface area contributed by atoms with Crippen LogP contribution in [0.25, 0.3) is 0 Å². The topological polar surface area (TPSA) is 76.7 Å². The third-order valence-electron chi connectivity index (χ3n) is 3.07. The van der Waals surface area contributed by atoms with E-state index in [1.165, 1.54) is 11.8 Å². The minimum atomic E-state index is 0.354. The van der Waals surface area contributed by atoms with E-state index in [0.29, 0.717) is 35.4 Å². The maximum absolute atomic E-state index is 9.59. The third-order valence-corrected chi connectivity index (χ3v) is 3.99. The second-order valence-electron chi connectivity index (χ2n) is 4.75. The van der Waals surface area contributed by atoms with Crippen molar-refractivity contribution in [3.63, 3.8) is 0 Å². The van der Waals surface area contributed by atoms with Crippen LogP contribution in [0.5, 0.6) is 0 Å². The number of pyridine rings is 1. The Labute approximate surface area is 146 Å². The minimum Gasteiger partial charge on any atom is -0.365 e. The van der Waals surface area contributed by atoms with Gasteiger partial charge in [0.2, 0.25) is 0 Å². The Morgan fingerprint density at radius 3 is 2.96 bits per heavy atom. The molecule has 2 rings (SSSR count). The first-order chi connectivity index (χ1) is 11.8. The summed E-state index contributed by atoms with van der Waals surface area (Å²) in [6.45, 7) is 2.92. The monoisotopic (exact) mass is 338 g/mol. The Morgan fingerprint density at radius 1 is 1.50 bits per heavy atom. The van der Waals surface area contributed by atoms with Crippen molar-refractivity contribution in [2.24, 2.45) is 10.1 Å². The molecule has 24 heavy (non-hydrogen) atoms. The van der Waals surface area contributed by atoms with Crippen LogP contribution in [0.15, 0.2) is 46.0 Å². The summed E-state index contributed by atoms with van der Waals surface area (Å²) < 4.78 is 0. The van der Waals surface area contributed by atoms with E-state index in [9.17, 15) is 5.26 Å². The predicted octanol–water partition coefficient (Wildman–Crippen LogP) is 2.34. The molecular weight excluding hydrogens is 320 g/mol. The van der Waals surface area contributed by atoms with E-state index in [-0.39, 0.29) is 0 Å². The van der Waals surface area contributed by atoms with Crippen LogP contribution in [0, 0.1) is 23.7 Å². The van der Waals surface area contributed by atoms with Gasteiger partial charge in [0.1, 0.15) is 29.2 Å². The molecule has 0 aliphatic carbocycles. The van der Waals surface area contributed by atoms with Crippen LogP contribution in [0.4, 0.5) is 0 Å². The number of nitrogens with zero attached hydrogens (tertiary/aromatic N) is 5. The van der Waals surface area contributed by atoms with E-state index in [1.807, 2.05) is 19.1 Å². The van der Waals surface area contributed by atoms with Crippen LogP contribution in [0.3, 0.4) is 0 Å². The van der Waals surface area contributed by atoms with Crippen LogP contribution in [0.1, 0.15) is 18.9 Å². The number of nitrogens with one attached hydrogen (secondary N) is 1. The molecule has 1 aromatic rings. The highest BCUT2D eigenvalue weighted by molar-refractivity contribution is 8.14. The lowest BCUT2D eigenvalue weighted by molar-refractivity contribution is 0.341. The summed E-state index contributed by atoms with van der Waals surface area (Å²) in [7, 11) is 0. The lowest BCUT2D eigenvalue weighted by atomic mass is 10.2. The van der Waals surface area contributed by atoms with Gasteiger partial charge < -0.3 is 5.32 Å². The molecule has 0 aromatic carbocycles. The van der Waals surface area contributed by atoms with Crippen molar-refractivity contribution in [2.45, 2.75) is 19.9 Å². The third kappa shape index (κ3) is 4.61. The highest BCUT2D eigenvalue weighted by Gasteiger charge is 2.23. The normalized spacial score (nSPS) is 14.3. The average molecular weight is 338 g/mol. The fraction of sp³-hybridized carbons (Fsp3) is 0.294. The quantitative estimate of drug-likeness (QED) is 0.636. The fourth-order valence-corrected chi connectivity index (χ4v) is 2.64. The number of hydrogen-bond donors (Lipinski definition) is 1. The van der Waals surface area contributed by atoms with Crippen molar-refractivity contribution in [3.8, 4) is 18.4 Å². The number of aromatic nitrogens is 1. The van der Waals surface area contributed by atoms with Crippen molar-refractivity contribution in [1.29, 1.82) is 5.26 Å². The van der Waals surface area contributed by atoms with Gasteiger partial charge in [0.25, 0.3) is 0 Å². The van der Waals surface area contributed by atoms with Gasteiger partial charge in [0.15, 0.2) is 0 Å². The predicted molar refractivity (Wildman–Crippen MR) is 97.9 cm³/mol. The minimum absolute atomic E-state index is 0.354. The molecule has 1 aliphatic rings. The van der Waals surface area contributed by atoms with Gasteiger partial charge in [-0.2, -0.15) is 10.4 Å². The number of nitriles is 1. The van der Waals surface area contributed by atoms with Crippen molar-refractivity contribution < 1.29 is 0 Å². The highest BCUT2D eigenvalue weighted by atomic mass is 32.2. The van der Waals surface area contributed by atoms with E-state index >= 15 is 0 Å². The second kappa shape index (κ2) is 9.39. The van der Waals surface area contributed by atoms with Crippen molar-refractivity contribution in [3.05, 3.63) is 41.5 Å².